The molecule has 2 rings (SSSR count). The van der Waals surface area contributed by atoms with E-state index in [-0.39, 0.29) is 5.69 Å². The minimum absolute atomic E-state index is 0.0100. The molecule has 0 radical (unpaired) electrons. The van der Waals surface area contributed by atoms with Crippen molar-refractivity contribution in [3.05, 3.63) is 56.8 Å². The largest absolute Gasteiger partial charge is 0.294 e. The molecule has 0 amide bonds. The summed E-state index contributed by atoms with van der Waals surface area (Å²) in [5.41, 5.74) is 3.06. The minimum atomic E-state index is -0.441. The number of hydrogen-bond donors (Lipinski definition) is 1. The number of benzene rings is 1. The van der Waals surface area contributed by atoms with Crippen molar-refractivity contribution in [1.82, 2.24) is 0 Å². The molecular formula is C11H9N3O2S. The summed E-state index contributed by atoms with van der Waals surface area (Å²) in [6.45, 7) is 0. The second-order valence-corrected chi connectivity index (χ2v) is 4.14. The van der Waals surface area contributed by atoms with Crippen LogP contribution < -0.4 is 5.43 Å². The Morgan fingerprint density at radius 3 is 2.82 bits per heavy atom. The van der Waals surface area contributed by atoms with Gasteiger partial charge in [0.1, 0.15) is 5.69 Å². The third-order valence-electron chi connectivity index (χ3n) is 2.02. The molecule has 5 nitrogen and oxygen atoms in total. The molecule has 0 saturated heterocycles. The highest BCUT2D eigenvalue weighted by Gasteiger charge is 2.10. The van der Waals surface area contributed by atoms with E-state index in [2.05, 4.69) is 10.5 Å². The molecule has 1 N–H and O–H groups in total. The Bertz CT molecular complexity index is 537. The lowest BCUT2D eigenvalue weighted by atomic mass is 10.3. The molecule has 6 heteroatoms. The molecule has 0 aliphatic rings. The highest BCUT2D eigenvalue weighted by atomic mass is 32.1. The van der Waals surface area contributed by atoms with Crippen LogP contribution in [0, 0.1) is 10.1 Å². The van der Waals surface area contributed by atoms with Gasteiger partial charge in [0.05, 0.1) is 11.1 Å². The van der Waals surface area contributed by atoms with E-state index >= 15 is 0 Å². The quantitative estimate of drug-likeness (QED) is 0.512. The smallest absolute Gasteiger partial charge is 0.272 e. The number of anilines is 1. The molecule has 0 spiro atoms. The van der Waals surface area contributed by atoms with E-state index in [1.165, 1.54) is 6.07 Å². The number of para-hydroxylation sites is 2. The molecule has 0 bridgehead atoms. The van der Waals surface area contributed by atoms with Crippen LogP contribution in [0.15, 0.2) is 46.9 Å². The number of thiophene rings is 1. The first-order valence-corrected chi connectivity index (χ1v) is 5.71. The normalized spacial score (nSPS) is 10.6. The van der Waals surface area contributed by atoms with Crippen LogP contribution >= 0.6 is 11.3 Å². The van der Waals surface area contributed by atoms with E-state index in [1.807, 2.05) is 17.5 Å². The summed E-state index contributed by atoms with van der Waals surface area (Å²) in [5, 5.41) is 16.6. The molecule has 17 heavy (non-hydrogen) atoms. The van der Waals surface area contributed by atoms with Crippen molar-refractivity contribution < 1.29 is 4.92 Å². The Morgan fingerprint density at radius 1 is 1.29 bits per heavy atom. The fourth-order valence-corrected chi connectivity index (χ4v) is 1.84. The Kier molecular flexibility index (Phi) is 3.46. The van der Waals surface area contributed by atoms with Crippen LogP contribution in [0.4, 0.5) is 11.4 Å². The third kappa shape index (κ3) is 2.88. The summed E-state index contributed by atoms with van der Waals surface area (Å²) in [6, 6.07) is 10.2. The molecule has 1 aromatic heterocycles. The summed E-state index contributed by atoms with van der Waals surface area (Å²) in [4.78, 5) is 11.3. The van der Waals surface area contributed by atoms with E-state index in [9.17, 15) is 10.1 Å². The maximum Gasteiger partial charge on any atom is 0.294 e. The van der Waals surface area contributed by atoms with Crippen molar-refractivity contribution in [3.8, 4) is 0 Å². The van der Waals surface area contributed by atoms with Gasteiger partial charge in [-0.25, -0.2) is 0 Å². The standard InChI is InChI=1S/C11H9N3O2S/c15-14(16)11-6-2-1-5-10(11)13-12-8-9-4-3-7-17-9/h1-8,13H. The molecule has 0 fully saturated rings. The van der Waals surface area contributed by atoms with Gasteiger partial charge in [-0.05, 0) is 17.5 Å². The summed E-state index contributed by atoms with van der Waals surface area (Å²) >= 11 is 1.55. The SMILES string of the molecule is O=[N+]([O-])c1ccccc1NN=Cc1cccs1. The second kappa shape index (κ2) is 5.22. The van der Waals surface area contributed by atoms with Crippen molar-refractivity contribution in [2.75, 3.05) is 5.43 Å². The van der Waals surface area contributed by atoms with E-state index in [4.69, 9.17) is 0 Å². The zero-order valence-electron chi connectivity index (χ0n) is 8.74. The number of nitro benzene ring substituents is 1. The van der Waals surface area contributed by atoms with Gasteiger partial charge >= 0.3 is 0 Å². The number of rotatable bonds is 4. The van der Waals surface area contributed by atoms with Crippen molar-refractivity contribution in [2.45, 2.75) is 0 Å². The van der Waals surface area contributed by atoms with Crippen molar-refractivity contribution in [2.24, 2.45) is 5.10 Å². The average Bonchev–Trinajstić information content (AvgIpc) is 2.82. The van der Waals surface area contributed by atoms with Gasteiger partial charge in [-0.1, -0.05) is 18.2 Å². The molecule has 0 aliphatic carbocycles. The van der Waals surface area contributed by atoms with Crippen LogP contribution in [0.1, 0.15) is 4.88 Å². The van der Waals surface area contributed by atoms with Crippen LogP contribution in [-0.4, -0.2) is 11.1 Å². The molecule has 1 aromatic carbocycles. The highest BCUT2D eigenvalue weighted by molar-refractivity contribution is 7.11. The molecule has 2 aromatic rings. The van der Waals surface area contributed by atoms with Crippen molar-refractivity contribution in [1.29, 1.82) is 0 Å². The predicted molar refractivity (Wildman–Crippen MR) is 68.6 cm³/mol. The summed E-state index contributed by atoms with van der Waals surface area (Å²) in [6.07, 6.45) is 1.63. The van der Waals surface area contributed by atoms with Crippen molar-refractivity contribution >= 4 is 28.9 Å². The van der Waals surface area contributed by atoms with E-state index in [0.717, 1.165) is 4.88 Å². The first-order chi connectivity index (χ1) is 8.27. The molecular weight excluding hydrogens is 238 g/mol. The van der Waals surface area contributed by atoms with Gasteiger partial charge in [0.2, 0.25) is 0 Å². The van der Waals surface area contributed by atoms with Crippen LogP contribution in [0.25, 0.3) is 0 Å². The third-order valence-corrected chi connectivity index (χ3v) is 2.83. The van der Waals surface area contributed by atoms with Crippen LogP contribution in [-0.2, 0) is 0 Å². The zero-order valence-corrected chi connectivity index (χ0v) is 9.55. The lowest BCUT2D eigenvalue weighted by Crippen LogP contribution is -1.96. The number of hydrogen-bond acceptors (Lipinski definition) is 5. The van der Waals surface area contributed by atoms with Crippen LogP contribution in [0.3, 0.4) is 0 Å². The Balaban J connectivity index is 2.11. The molecule has 1 heterocycles. The molecule has 0 unspecified atom stereocenters. The van der Waals surface area contributed by atoms with Gasteiger partial charge in [0.25, 0.3) is 5.69 Å². The first kappa shape index (κ1) is 11.3. The van der Waals surface area contributed by atoms with E-state index < -0.39 is 4.92 Å². The monoisotopic (exact) mass is 247 g/mol. The number of nitrogens with zero attached hydrogens (tertiary/aromatic N) is 2. The zero-order chi connectivity index (χ0) is 12.1. The van der Waals surface area contributed by atoms with Gasteiger partial charge < -0.3 is 0 Å². The Morgan fingerprint density at radius 2 is 2.12 bits per heavy atom. The van der Waals surface area contributed by atoms with Gasteiger partial charge in [0, 0.05) is 10.9 Å². The maximum absolute atomic E-state index is 10.7. The molecule has 0 atom stereocenters. The predicted octanol–water partition coefficient (Wildman–Crippen LogP) is 3.10. The summed E-state index contributed by atoms with van der Waals surface area (Å²) in [7, 11) is 0. The lowest BCUT2D eigenvalue weighted by molar-refractivity contribution is -0.384. The summed E-state index contributed by atoms with van der Waals surface area (Å²) < 4.78 is 0. The lowest BCUT2D eigenvalue weighted by Gasteiger charge is -2.00. The number of nitrogens with one attached hydrogen (secondary N) is 1. The van der Waals surface area contributed by atoms with E-state index in [0.29, 0.717) is 5.69 Å². The molecule has 0 saturated carbocycles. The molecule has 0 aliphatic heterocycles. The number of hydrazone groups is 1. The van der Waals surface area contributed by atoms with Gasteiger partial charge in [0.15, 0.2) is 0 Å². The van der Waals surface area contributed by atoms with Gasteiger partial charge in [-0.3, -0.25) is 15.5 Å². The van der Waals surface area contributed by atoms with Crippen LogP contribution in [0.2, 0.25) is 0 Å². The number of nitro groups is 1. The van der Waals surface area contributed by atoms with Crippen molar-refractivity contribution in [3.63, 3.8) is 0 Å². The van der Waals surface area contributed by atoms with Gasteiger partial charge in [-0.15, -0.1) is 11.3 Å². The maximum atomic E-state index is 10.7. The highest BCUT2D eigenvalue weighted by Crippen LogP contribution is 2.22. The topological polar surface area (TPSA) is 67.5 Å². The minimum Gasteiger partial charge on any atom is -0.272 e. The molecule has 86 valence electrons. The van der Waals surface area contributed by atoms with Gasteiger partial charge in [-0.2, -0.15) is 5.10 Å². The second-order valence-electron chi connectivity index (χ2n) is 3.16. The van der Waals surface area contributed by atoms with Crippen LogP contribution in [0.5, 0.6) is 0 Å². The van der Waals surface area contributed by atoms with E-state index in [1.54, 1.807) is 35.8 Å². The fraction of sp³-hybridized carbons (Fsp3) is 0. The fourth-order valence-electron chi connectivity index (χ4n) is 1.26. The first-order valence-electron chi connectivity index (χ1n) is 4.83. The summed E-state index contributed by atoms with van der Waals surface area (Å²) in [5.74, 6) is 0. The Labute approximate surface area is 102 Å². The average molecular weight is 247 g/mol. The Hall–Kier alpha value is -2.21.